The quantitative estimate of drug-likeness (QED) is 0.0262. The normalized spacial score (nSPS) is 12.5. The van der Waals surface area contributed by atoms with Gasteiger partial charge in [0.25, 0.3) is 0 Å². The third kappa shape index (κ3) is 52.1. The molecule has 0 fully saturated rings. The van der Waals surface area contributed by atoms with Gasteiger partial charge in [0, 0.05) is 19.3 Å². The Morgan fingerprint density at radius 2 is 0.621 bits per heavy atom. The monoisotopic (exact) mass is 923 g/mol. The van der Waals surface area contributed by atoms with Crippen LogP contribution in [0.5, 0.6) is 0 Å². The van der Waals surface area contributed by atoms with Crippen LogP contribution in [0.3, 0.4) is 0 Å². The van der Waals surface area contributed by atoms with Crippen LogP contribution in [0, 0.1) is 0 Å². The minimum absolute atomic E-state index is 0.0943. The maximum absolute atomic E-state index is 12.8. The molecule has 0 radical (unpaired) electrons. The average Bonchev–Trinajstić information content (AvgIpc) is 3.31. The summed E-state index contributed by atoms with van der Waals surface area (Å²) in [6.07, 6.45) is 68.0. The molecule has 0 spiro atoms. The predicted molar refractivity (Wildman–Crippen MR) is 284 cm³/mol. The Bertz CT molecular complexity index is 1200. The highest BCUT2D eigenvalue weighted by Crippen LogP contribution is 2.16. The Kier molecular flexibility index (Phi) is 52.3. The van der Waals surface area contributed by atoms with Crippen LogP contribution in [-0.4, -0.2) is 37.2 Å². The fourth-order valence-corrected chi connectivity index (χ4v) is 8.04. The van der Waals surface area contributed by atoms with E-state index in [9.17, 15) is 14.4 Å². The summed E-state index contributed by atoms with van der Waals surface area (Å²) in [7, 11) is 0. The summed E-state index contributed by atoms with van der Waals surface area (Å²) < 4.78 is 16.8. The zero-order chi connectivity index (χ0) is 47.9. The van der Waals surface area contributed by atoms with Crippen LogP contribution in [-0.2, 0) is 28.6 Å². The lowest BCUT2D eigenvalue weighted by Gasteiger charge is -2.18. The maximum Gasteiger partial charge on any atom is 0.306 e. The fraction of sp³-hybridized carbons (Fsp3) is 0.783. The molecular weight excluding hydrogens is 817 g/mol. The van der Waals surface area contributed by atoms with E-state index in [0.29, 0.717) is 19.3 Å². The van der Waals surface area contributed by atoms with Crippen LogP contribution >= 0.6 is 0 Å². The summed E-state index contributed by atoms with van der Waals surface area (Å²) >= 11 is 0. The van der Waals surface area contributed by atoms with E-state index < -0.39 is 6.10 Å². The molecule has 0 saturated heterocycles. The van der Waals surface area contributed by atoms with E-state index in [1.54, 1.807) is 0 Å². The Morgan fingerprint density at radius 3 is 1.02 bits per heavy atom. The summed E-state index contributed by atoms with van der Waals surface area (Å²) in [4.78, 5) is 38.1. The van der Waals surface area contributed by atoms with Gasteiger partial charge in [-0.1, -0.05) is 255 Å². The van der Waals surface area contributed by atoms with Gasteiger partial charge in [-0.05, 0) is 70.6 Å². The van der Waals surface area contributed by atoms with Crippen molar-refractivity contribution >= 4 is 17.9 Å². The molecule has 0 heterocycles. The number of hydrogen-bond donors (Lipinski definition) is 0. The van der Waals surface area contributed by atoms with Crippen LogP contribution in [0.25, 0.3) is 0 Å². The van der Waals surface area contributed by atoms with E-state index in [1.807, 2.05) is 6.08 Å². The van der Waals surface area contributed by atoms with E-state index in [2.05, 4.69) is 75.5 Å². The van der Waals surface area contributed by atoms with Crippen molar-refractivity contribution in [2.75, 3.05) is 13.2 Å². The van der Waals surface area contributed by atoms with Crippen molar-refractivity contribution in [3.8, 4) is 0 Å². The Hall–Kier alpha value is -2.89. The molecule has 0 bridgehead atoms. The van der Waals surface area contributed by atoms with Crippen LogP contribution in [0.4, 0.5) is 0 Å². The molecule has 0 aromatic carbocycles. The van der Waals surface area contributed by atoms with Crippen LogP contribution in [0.2, 0.25) is 0 Å². The van der Waals surface area contributed by atoms with Gasteiger partial charge in [-0.2, -0.15) is 0 Å². The van der Waals surface area contributed by atoms with E-state index in [0.717, 1.165) is 83.5 Å². The Labute approximate surface area is 409 Å². The first-order chi connectivity index (χ1) is 32.5. The molecule has 6 nitrogen and oxygen atoms in total. The van der Waals surface area contributed by atoms with E-state index in [4.69, 9.17) is 14.2 Å². The van der Waals surface area contributed by atoms with Crippen molar-refractivity contribution in [1.82, 2.24) is 0 Å². The number of hydrogen-bond acceptors (Lipinski definition) is 6. The largest absolute Gasteiger partial charge is 0.462 e. The number of carbonyl (C=O) groups excluding carboxylic acids is 3. The third-order valence-electron chi connectivity index (χ3n) is 12.3. The van der Waals surface area contributed by atoms with Gasteiger partial charge in [0.2, 0.25) is 0 Å². The van der Waals surface area contributed by atoms with Gasteiger partial charge in [0.1, 0.15) is 13.2 Å². The molecule has 0 amide bonds. The Morgan fingerprint density at radius 1 is 0.318 bits per heavy atom. The van der Waals surface area contributed by atoms with Crippen molar-refractivity contribution in [3.63, 3.8) is 0 Å². The van der Waals surface area contributed by atoms with Gasteiger partial charge in [-0.3, -0.25) is 14.4 Å². The standard InChI is InChI=1S/C60H106O6/c1-4-7-10-13-16-19-22-25-27-29-30-31-33-35-38-41-44-47-50-53-59(62)65-56-57(55-64-58(61)52-49-46-43-40-37-34-24-21-18-15-12-9-6-3)66-60(63)54-51-48-45-42-39-36-32-28-26-23-20-17-14-11-8-5-2/h8,11,17,20,26,28,34,37,43,46,57H,4-7,9-10,12-16,18-19,21-25,27,29-33,35-36,38-42,44-45,47-56H2,1-3H3/b11-8+,20-17+,28-26+,37-34+,46-43+. The summed E-state index contributed by atoms with van der Waals surface area (Å²) in [5.74, 6) is -0.968. The molecule has 1 atom stereocenters. The highest BCUT2D eigenvalue weighted by atomic mass is 16.6. The first-order valence-corrected chi connectivity index (χ1v) is 28.3. The molecule has 1 unspecified atom stereocenters. The molecule has 6 heteroatoms. The lowest BCUT2D eigenvalue weighted by Crippen LogP contribution is -2.30. The van der Waals surface area contributed by atoms with Crippen molar-refractivity contribution in [2.45, 2.75) is 290 Å². The van der Waals surface area contributed by atoms with Crippen LogP contribution in [0.15, 0.2) is 60.8 Å². The SMILES string of the molecule is CC/C=C/C/C=C/C/C=C/CCCCCCCCC(=O)OC(COC(=O)CC/C=C/C/C=C/CCCCCCCC)COC(=O)CCCCCCCCCCCCCCCCCCCCC. The van der Waals surface area contributed by atoms with Crippen molar-refractivity contribution < 1.29 is 28.6 Å². The van der Waals surface area contributed by atoms with Crippen molar-refractivity contribution in [1.29, 1.82) is 0 Å². The second-order valence-corrected chi connectivity index (χ2v) is 18.8. The van der Waals surface area contributed by atoms with Gasteiger partial charge < -0.3 is 14.2 Å². The summed E-state index contributed by atoms with van der Waals surface area (Å²) in [5, 5.41) is 0. The van der Waals surface area contributed by atoms with E-state index in [1.165, 1.54) is 154 Å². The van der Waals surface area contributed by atoms with Gasteiger partial charge in [-0.15, -0.1) is 0 Å². The lowest BCUT2D eigenvalue weighted by atomic mass is 10.0. The topological polar surface area (TPSA) is 78.9 Å². The van der Waals surface area contributed by atoms with Gasteiger partial charge in [0.05, 0.1) is 0 Å². The number of unbranched alkanes of at least 4 members (excludes halogenated alkanes) is 30. The molecule has 0 aliphatic rings. The molecule has 382 valence electrons. The average molecular weight is 924 g/mol. The smallest absolute Gasteiger partial charge is 0.306 e. The van der Waals surface area contributed by atoms with Crippen molar-refractivity contribution in [3.05, 3.63) is 60.8 Å². The van der Waals surface area contributed by atoms with E-state index >= 15 is 0 Å². The second kappa shape index (κ2) is 54.7. The van der Waals surface area contributed by atoms with Crippen LogP contribution in [0.1, 0.15) is 284 Å². The van der Waals surface area contributed by atoms with Gasteiger partial charge in [-0.25, -0.2) is 0 Å². The molecule has 66 heavy (non-hydrogen) atoms. The second-order valence-electron chi connectivity index (χ2n) is 18.8. The molecule has 0 rings (SSSR count). The van der Waals surface area contributed by atoms with Crippen LogP contribution < -0.4 is 0 Å². The molecule has 0 aliphatic heterocycles. The van der Waals surface area contributed by atoms with Gasteiger partial charge >= 0.3 is 17.9 Å². The number of rotatable bonds is 51. The zero-order valence-corrected chi connectivity index (χ0v) is 43.7. The maximum atomic E-state index is 12.8. The molecular formula is C60H106O6. The molecule has 0 aromatic rings. The van der Waals surface area contributed by atoms with E-state index in [-0.39, 0.29) is 37.5 Å². The number of ether oxygens (including phenoxy) is 3. The third-order valence-corrected chi connectivity index (χ3v) is 12.3. The minimum atomic E-state index is -0.802. The number of esters is 3. The summed E-state index contributed by atoms with van der Waals surface area (Å²) in [6.45, 7) is 6.49. The molecule has 0 N–H and O–H groups in total. The summed E-state index contributed by atoms with van der Waals surface area (Å²) in [5.41, 5.74) is 0. The minimum Gasteiger partial charge on any atom is -0.462 e. The predicted octanol–water partition coefficient (Wildman–Crippen LogP) is 18.8. The summed E-state index contributed by atoms with van der Waals surface area (Å²) in [6, 6.07) is 0. The highest BCUT2D eigenvalue weighted by Gasteiger charge is 2.19. The molecule has 0 saturated carbocycles. The first kappa shape index (κ1) is 63.1. The Balaban J connectivity index is 4.39. The zero-order valence-electron chi connectivity index (χ0n) is 43.7. The first-order valence-electron chi connectivity index (χ1n) is 28.3. The lowest BCUT2D eigenvalue weighted by molar-refractivity contribution is -0.166. The number of carbonyl (C=O) groups is 3. The number of allylic oxidation sites excluding steroid dienone is 10. The highest BCUT2D eigenvalue weighted by molar-refractivity contribution is 5.71. The fourth-order valence-electron chi connectivity index (χ4n) is 8.04. The molecule has 0 aromatic heterocycles. The van der Waals surface area contributed by atoms with Gasteiger partial charge in [0.15, 0.2) is 6.10 Å². The van der Waals surface area contributed by atoms with Crippen molar-refractivity contribution in [2.24, 2.45) is 0 Å². The molecule has 0 aliphatic carbocycles.